The fourth-order valence-electron chi connectivity index (χ4n) is 3.97. The molecule has 31 heavy (non-hydrogen) atoms. The zero-order chi connectivity index (χ0) is 22.1. The molecule has 0 aromatic carbocycles. The summed E-state index contributed by atoms with van der Waals surface area (Å²) in [5.74, 6) is -0.0179. The normalized spacial score (nSPS) is 13.4. The van der Waals surface area contributed by atoms with Gasteiger partial charge in [0.1, 0.15) is 0 Å². The van der Waals surface area contributed by atoms with Crippen LogP contribution in [-0.4, -0.2) is 36.1 Å². The van der Waals surface area contributed by atoms with Crippen molar-refractivity contribution in [2.24, 2.45) is 14.1 Å². The van der Waals surface area contributed by atoms with Crippen molar-refractivity contribution in [3.05, 3.63) is 50.4 Å². The van der Waals surface area contributed by atoms with Crippen LogP contribution in [0.25, 0.3) is 11.2 Å². The minimum atomic E-state index is -0.413. The molecule has 0 saturated heterocycles. The number of hydrogen-bond acceptors (Lipinski definition) is 6. The van der Waals surface area contributed by atoms with E-state index in [0.717, 1.165) is 34.7 Å². The first-order valence-corrected chi connectivity index (χ1v) is 11.2. The molecular formula is C21H26N6O3S. The van der Waals surface area contributed by atoms with Crippen LogP contribution in [0.1, 0.15) is 36.3 Å². The molecule has 3 aromatic rings. The van der Waals surface area contributed by atoms with E-state index in [0.29, 0.717) is 37.1 Å². The largest absolute Gasteiger partial charge is 0.332 e. The molecule has 0 fully saturated rings. The third-order valence-electron chi connectivity index (χ3n) is 5.68. The number of aromatic nitrogens is 5. The fourth-order valence-corrected chi connectivity index (χ4v) is 5.15. The van der Waals surface area contributed by atoms with Crippen LogP contribution < -0.4 is 16.1 Å². The average Bonchev–Trinajstić information content (AvgIpc) is 3.38. The summed E-state index contributed by atoms with van der Waals surface area (Å²) < 4.78 is 4.14. The molecule has 0 N–H and O–H groups in total. The van der Waals surface area contributed by atoms with E-state index >= 15 is 0 Å². The van der Waals surface area contributed by atoms with Gasteiger partial charge in [-0.05, 0) is 32.1 Å². The summed E-state index contributed by atoms with van der Waals surface area (Å²) in [5, 5.41) is 0.744. The van der Waals surface area contributed by atoms with Crippen LogP contribution in [0.4, 0.5) is 5.13 Å². The highest BCUT2D eigenvalue weighted by Gasteiger charge is 2.22. The molecule has 4 rings (SSSR count). The number of thiazole rings is 1. The Morgan fingerprint density at radius 3 is 2.77 bits per heavy atom. The monoisotopic (exact) mass is 442 g/mol. The van der Waals surface area contributed by atoms with Crippen molar-refractivity contribution < 1.29 is 4.79 Å². The Bertz CT molecular complexity index is 1240. The smallest absolute Gasteiger partial charge is 0.325 e. The van der Waals surface area contributed by atoms with Crippen molar-refractivity contribution in [1.29, 1.82) is 0 Å². The maximum atomic E-state index is 13.0. The van der Waals surface area contributed by atoms with E-state index in [-0.39, 0.29) is 11.5 Å². The summed E-state index contributed by atoms with van der Waals surface area (Å²) >= 11 is 1.61. The molecule has 10 heteroatoms. The van der Waals surface area contributed by atoms with E-state index in [1.807, 2.05) is 0 Å². The van der Waals surface area contributed by atoms with E-state index in [4.69, 9.17) is 4.98 Å². The second kappa shape index (κ2) is 8.62. The minimum absolute atomic E-state index is 0.0179. The lowest BCUT2D eigenvalue weighted by atomic mass is 10.0. The van der Waals surface area contributed by atoms with Gasteiger partial charge in [0, 0.05) is 38.5 Å². The zero-order valence-electron chi connectivity index (χ0n) is 17.8. The molecule has 0 atom stereocenters. The van der Waals surface area contributed by atoms with Gasteiger partial charge in [-0.1, -0.05) is 6.08 Å². The Labute approximate surface area is 183 Å². The van der Waals surface area contributed by atoms with Crippen molar-refractivity contribution in [3.63, 3.8) is 0 Å². The summed E-state index contributed by atoms with van der Waals surface area (Å²) in [6, 6.07) is 0. The molecule has 1 aliphatic carbocycles. The van der Waals surface area contributed by atoms with Crippen molar-refractivity contribution >= 4 is 33.5 Å². The Kier molecular flexibility index (Phi) is 5.90. The van der Waals surface area contributed by atoms with Crippen LogP contribution in [0.3, 0.4) is 0 Å². The number of anilines is 1. The molecular weight excluding hydrogens is 416 g/mol. The maximum absolute atomic E-state index is 13.0. The molecule has 0 saturated carbocycles. The summed E-state index contributed by atoms with van der Waals surface area (Å²) in [6.45, 7) is 4.65. The first kappa shape index (κ1) is 21.2. The van der Waals surface area contributed by atoms with Crippen LogP contribution in [0.2, 0.25) is 0 Å². The molecule has 1 amide bonds. The van der Waals surface area contributed by atoms with E-state index in [9.17, 15) is 14.4 Å². The molecule has 0 radical (unpaired) electrons. The lowest BCUT2D eigenvalue weighted by Gasteiger charge is -2.18. The lowest BCUT2D eigenvalue weighted by molar-refractivity contribution is -0.118. The summed E-state index contributed by atoms with van der Waals surface area (Å²) in [4.78, 5) is 49.5. The van der Waals surface area contributed by atoms with Gasteiger partial charge < -0.3 is 4.57 Å². The van der Waals surface area contributed by atoms with Gasteiger partial charge in [-0.2, -0.15) is 0 Å². The predicted molar refractivity (Wildman–Crippen MR) is 121 cm³/mol. The number of imidazole rings is 1. The van der Waals surface area contributed by atoms with Crippen LogP contribution >= 0.6 is 11.3 Å². The molecule has 0 bridgehead atoms. The first-order chi connectivity index (χ1) is 14.9. The molecule has 9 nitrogen and oxygen atoms in total. The van der Waals surface area contributed by atoms with Crippen molar-refractivity contribution in [3.8, 4) is 0 Å². The first-order valence-electron chi connectivity index (χ1n) is 10.4. The molecule has 3 heterocycles. The Hall–Kier alpha value is -3.01. The fraction of sp³-hybridized carbons (Fsp3) is 0.476. The van der Waals surface area contributed by atoms with Gasteiger partial charge in [-0.3, -0.25) is 23.6 Å². The number of nitrogens with zero attached hydrogens (tertiary/aromatic N) is 6. The van der Waals surface area contributed by atoms with Gasteiger partial charge >= 0.3 is 5.69 Å². The Balaban J connectivity index is 1.49. The van der Waals surface area contributed by atoms with Gasteiger partial charge in [-0.25, -0.2) is 14.8 Å². The molecule has 0 aliphatic heterocycles. The average molecular weight is 443 g/mol. The minimum Gasteiger partial charge on any atom is -0.325 e. The number of hydrogen-bond donors (Lipinski definition) is 0. The molecule has 164 valence electrons. The topological polar surface area (TPSA) is 95.0 Å². The quantitative estimate of drug-likeness (QED) is 0.520. The van der Waals surface area contributed by atoms with Gasteiger partial charge in [0.05, 0.1) is 12.0 Å². The zero-order valence-corrected chi connectivity index (χ0v) is 18.7. The van der Waals surface area contributed by atoms with E-state index in [1.54, 1.807) is 40.3 Å². The van der Waals surface area contributed by atoms with Crippen LogP contribution in [-0.2, 0) is 38.3 Å². The summed E-state index contributed by atoms with van der Waals surface area (Å²) in [6.07, 6.45) is 8.45. The second-order valence-corrected chi connectivity index (χ2v) is 8.85. The molecule has 0 unspecified atom stereocenters. The highest BCUT2D eigenvalue weighted by molar-refractivity contribution is 7.16. The highest BCUT2D eigenvalue weighted by atomic mass is 32.1. The van der Waals surface area contributed by atoms with E-state index in [2.05, 4.69) is 11.6 Å². The molecule has 3 aromatic heterocycles. The highest BCUT2D eigenvalue weighted by Crippen LogP contribution is 2.32. The predicted octanol–water partition coefficient (Wildman–Crippen LogP) is 1.77. The van der Waals surface area contributed by atoms with Crippen LogP contribution in [0, 0.1) is 0 Å². The van der Waals surface area contributed by atoms with E-state index in [1.165, 1.54) is 22.9 Å². The van der Waals surface area contributed by atoms with E-state index < -0.39 is 5.69 Å². The van der Waals surface area contributed by atoms with Crippen LogP contribution in [0.15, 0.2) is 28.6 Å². The SMILES string of the molecule is C=CCN(C(=O)CCCn1cnc2c1c(=O)n(C)c(=O)n2C)c1nc2c(s1)CCCC2. The summed E-state index contributed by atoms with van der Waals surface area (Å²) in [7, 11) is 3.04. The second-order valence-electron chi connectivity index (χ2n) is 7.79. The number of rotatable bonds is 7. The van der Waals surface area contributed by atoms with Crippen molar-refractivity contribution in [2.45, 2.75) is 45.1 Å². The number of aryl methyl sites for hydroxylation is 4. The number of amides is 1. The van der Waals surface area contributed by atoms with Gasteiger partial charge in [0.2, 0.25) is 5.91 Å². The summed E-state index contributed by atoms with van der Waals surface area (Å²) in [5.41, 5.74) is 1.04. The third kappa shape index (κ3) is 3.87. The number of fused-ring (bicyclic) bond motifs is 2. The molecule has 1 aliphatic rings. The van der Waals surface area contributed by atoms with Crippen molar-refractivity contribution in [1.82, 2.24) is 23.7 Å². The third-order valence-corrected chi connectivity index (χ3v) is 6.87. The van der Waals surface area contributed by atoms with Crippen molar-refractivity contribution in [2.75, 3.05) is 11.4 Å². The van der Waals surface area contributed by atoms with Gasteiger partial charge in [0.15, 0.2) is 16.3 Å². The van der Waals surface area contributed by atoms with Gasteiger partial charge in [-0.15, -0.1) is 17.9 Å². The Morgan fingerprint density at radius 1 is 1.26 bits per heavy atom. The Morgan fingerprint density at radius 2 is 2.03 bits per heavy atom. The maximum Gasteiger partial charge on any atom is 0.332 e. The number of carbonyl (C=O) groups excluding carboxylic acids is 1. The molecule has 0 spiro atoms. The standard InChI is InChI=1S/C21H26N6O3S/c1-4-11-27(20-23-14-8-5-6-9-15(14)31-20)16(28)10-7-12-26-13-22-18-17(26)19(29)25(3)21(30)24(18)2/h4,13H,1,5-12H2,2-3H3. The van der Waals surface area contributed by atoms with Crippen LogP contribution in [0.5, 0.6) is 0 Å². The lowest BCUT2D eigenvalue weighted by Crippen LogP contribution is -2.37. The number of carbonyl (C=O) groups is 1. The van der Waals surface area contributed by atoms with Gasteiger partial charge in [0.25, 0.3) is 5.56 Å².